The lowest BCUT2D eigenvalue weighted by atomic mass is 9.85. The van der Waals surface area contributed by atoms with Crippen molar-refractivity contribution < 1.29 is 9.59 Å². The van der Waals surface area contributed by atoms with Crippen molar-refractivity contribution in [2.75, 3.05) is 0 Å². The molecule has 0 saturated carbocycles. The first kappa shape index (κ1) is 18.4. The van der Waals surface area contributed by atoms with E-state index in [-0.39, 0.29) is 18.0 Å². The van der Waals surface area contributed by atoms with E-state index in [1.165, 1.54) is 0 Å². The minimum atomic E-state index is -0.555. The summed E-state index contributed by atoms with van der Waals surface area (Å²) in [6, 6.07) is 23.1. The molecule has 1 atom stereocenters. The van der Waals surface area contributed by atoms with Gasteiger partial charge in [0.15, 0.2) is 11.6 Å². The topological polar surface area (TPSA) is 34.1 Å². The molecule has 0 aromatic heterocycles. The Morgan fingerprint density at radius 2 is 1.35 bits per heavy atom. The second-order valence-electron chi connectivity index (χ2n) is 5.95. The summed E-state index contributed by atoms with van der Waals surface area (Å²) in [5, 5.41) is 0.714. The number of ketones is 2. The Kier molecular flexibility index (Phi) is 5.87. The summed E-state index contributed by atoms with van der Waals surface area (Å²) < 4.78 is 0. The average Bonchev–Trinajstić information content (AvgIpc) is 2.69. The molecule has 0 heterocycles. The third-order valence-corrected chi connectivity index (χ3v) is 4.95. The van der Waals surface area contributed by atoms with E-state index in [1.807, 2.05) is 48.5 Å². The van der Waals surface area contributed by atoms with Crippen LogP contribution in [0.1, 0.15) is 38.6 Å². The summed E-state index contributed by atoms with van der Waals surface area (Å²) in [5.74, 6) is -0.785. The fourth-order valence-corrected chi connectivity index (χ4v) is 3.12. The number of hydrogen-bond acceptors (Lipinski definition) is 2. The molecule has 130 valence electrons. The third kappa shape index (κ3) is 4.21. The first-order chi connectivity index (χ1) is 12.6. The molecule has 1 unspecified atom stereocenters. The molecule has 0 fully saturated rings. The van der Waals surface area contributed by atoms with Crippen molar-refractivity contribution in [3.05, 3.63) is 106 Å². The summed E-state index contributed by atoms with van der Waals surface area (Å²) in [6.07, 6.45) is 0.0652. The molecular weight excluding hydrogens is 367 g/mol. The summed E-state index contributed by atoms with van der Waals surface area (Å²) in [5.41, 5.74) is 1.85. The predicted molar refractivity (Wildman–Crippen MR) is 105 cm³/mol. The van der Waals surface area contributed by atoms with Crippen LogP contribution in [0, 0.1) is 0 Å². The smallest absolute Gasteiger partial charge is 0.170 e. The van der Waals surface area contributed by atoms with Gasteiger partial charge in [-0.2, -0.15) is 0 Å². The van der Waals surface area contributed by atoms with Gasteiger partial charge in [-0.25, -0.2) is 0 Å². The van der Waals surface area contributed by atoms with Crippen LogP contribution in [0.5, 0.6) is 0 Å². The lowest BCUT2D eigenvalue weighted by Gasteiger charge is -2.16. The second kappa shape index (κ2) is 8.31. The standard InChI is InChI=1S/C22H16Cl2O2/c23-19-12-11-17(13-20(19)24)21(25)14-18(15-7-3-1-4-8-15)22(26)16-9-5-2-6-10-16/h1-13,18H,14H2. The van der Waals surface area contributed by atoms with Gasteiger partial charge in [0, 0.05) is 17.5 Å². The van der Waals surface area contributed by atoms with Gasteiger partial charge in [-0.3, -0.25) is 9.59 Å². The maximum atomic E-state index is 13.0. The maximum Gasteiger partial charge on any atom is 0.170 e. The molecule has 4 heteroatoms. The minimum Gasteiger partial charge on any atom is -0.294 e. The molecular formula is C22H16Cl2O2. The number of rotatable bonds is 6. The van der Waals surface area contributed by atoms with E-state index in [2.05, 4.69) is 0 Å². The number of hydrogen-bond donors (Lipinski definition) is 0. The van der Waals surface area contributed by atoms with Crippen LogP contribution in [0.3, 0.4) is 0 Å². The molecule has 26 heavy (non-hydrogen) atoms. The van der Waals surface area contributed by atoms with Gasteiger partial charge in [0.2, 0.25) is 0 Å². The number of carbonyl (C=O) groups is 2. The van der Waals surface area contributed by atoms with Crippen LogP contribution >= 0.6 is 23.2 Å². The normalized spacial score (nSPS) is 11.8. The van der Waals surface area contributed by atoms with Gasteiger partial charge in [-0.05, 0) is 23.8 Å². The molecule has 0 N–H and O–H groups in total. The Balaban J connectivity index is 1.92. The molecule has 3 rings (SSSR count). The Bertz CT molecular complexity index is 921. The Morgan fingerprint density at radius 3 is 1.96 bits per heavy atom. The van der Waals surface area contributed by atoms with E-state index < -0.39 is 5.92 Å². The van der Waals surface area contributed by atoms with Crippen molar-refractivity contribution in [3.63, 3.8) is 0 Å². The first-order valence-electron chi connectivity index (χ1n) is 8.18. The summed E-state index contributed by atoms with van der Waals surface area (Å²) >= 11 is 11.9. The maximum absolute atomic E-state index is 13.0. The highest BCUT2D eigenvalue weighted by Gasteiger charge is 2.25. The zero-order chi connectivity index (χ0) is 18.5. The monoisotopic (exact) mass is 382 g/mol. The lowest BCUT2D eigenvalue weighted by molar-refractivity contribution is 0.0893. The van der Waals surface area contributed by atoms with Crippen LogP contribution in [-0.4, -0.2) is 11.6 Å². The van der Waals surface area contributed by atoms with Gasteiger partial charge >= 0.3 is 0 Å². The van der Waals surface area contributed by atoms with E-state index in [0.29, 0.717) is 21.2 Å². The van der Waals surface area contributed by atoms with Gasteiger partial charge in [-0.15, -0.1) is 0 Å². The van der Waals surface area contributed by atoms with Crippen molar-refractivity contribution in [2.24, 2.45) is 0 Å². The average molecular weight is 383 g/mol. The Labute approximate surface area is 162 Å². The van der Waals surface area contributed by atoms with Gasteiger partial charge in [0.25, 0.3) is 0 Å². The van der Waals surface area contributed by atoms with Gasteiger partial charge in [0.1, 0.15) is 0 Å². The summed E-state index contributed by atoms with van der Waals surface area (Å²) in [7, 11) is 0. The highest BCUT2D eigenvalue weighted by molar-refractivity contribution is 6.42. The molecule has 0 radical (unpaired) electrons. The highest BCUT2D eigenvalue weighted by Crippen LogP contribution is 2.28. The van der Waals surface area contributed by atoms with Crippen LogP contribution in [0.4, 0.5) is 0 Å². The van der Waals surface area contributed by atoms with Crippen molar-refractivity contribution in [1.82, 2.24) is 0 Å². The predicted octanol–water partition coefficient (Wildman–Crippen LogP) is 6.23. The van der Waals surface area contributed by atoms with Crippen LogP contribution in [0.25, 0.3) is 0 Å². The second-order valence-corrected chi connectivity index (χ2v) is 6.76. The van der Waals surface area contributed by atoms with Crippen LogP contribution < -0.4 is 0 Å². The van der Waals surface area contributed by atoms with Gasteiger partial charge in [-0.1, -0.05) is 83.9 Å². The first-order valence-corrected chi connectivity index (χ1v) is 8.94. The largest absolute Gasteiger partial charge is 0.294 e. The molecule has 0 aliphatic heterocycles. The number of Topliss-reactive ketones (excluding diaryl/α,β-unsaturated/α-hetero) is 2. The summed E-state index contributed by atoms with van der Waals surface area (Å²) in [6.45, 7) is 0. The molecule has 0 aliphatic rings. The third-order valence-electron chi connectivity index (χ3n) is 4.21. The number of benzene rings is 3. The number of halogens is 2. The molecule has 0 aliphatic carbocycles. The highest BCUT2D eigenvalue weighted by atomic mass is 35.5. The Hall–Kier alpha value is -2.42. The Morgan fingerprint density at radius 1 is 0.731 bits per heavy atom. The van der Waals surface area contributed by atoms with E-state index in [1.54, 1.807) is 30.3 Å². The quantitative estimate of drug-likeness (QED) is 0.473. The molecule has 3 aromatic carbocycles. The molecule has 2 nitrogen and oxygen atoms in total. The molecule has 0 saturated heterocycles. The van der Waals surface area contributed by atoms with Gasteiger partial charge in [0.05, 0.1) is 16.0 Å². The fourth-order valence-electron chi connectivity index (χ4n) is 2.82. The van der Waals surface area contributed by atoms with Crippen molar-refractivity contribution in [2.45, 2.75) is 12.3 Å². The van der Waals surface area contributed by atoms with Crippen LogP contribution in [0.2, 0.25) is 10.0 Å². The van der Waals surface area contributed by atoms with Crippen LogP contribution in [-0.2, 0) is 0 Å². The van der Waals surface area contributed by atoms with Crippen molar-refractivity contribution in [3.8, 4) is 0 Å². The van der Waals surface area contributed by atoms with Crippen molar-refractivity contribution >= 4 is 34.8 Å². The lowest BCUT2D eigenvalue weighted by Crippen LogP contribution is -2.17. The van der Waals surface area contributed by atoms with Crippen molar-refractivity contribution in [1.29, 1.82) is 0 Å². The van der Waals surface area contributed by atoms with E-state index in [0.717, 1.165) is 5.56 Å². The molecule has 3 aromatic rings. The van der Waals surface area contributed by atoms with Crippen LogP contribution in [0.15, 0.2) is 78.9 Å². The van der Waals surface area contributed by atoms with E-state index in [4.69, 9.17) is 23.2 Å². The fraction of sp³-hybridized carbons (Fsp3) is 0.0909. The van der Waals surface area contributed by atoms with E-state index >= 15 is 0 Å². The van der Waals surface area contributed by atoms with E-state index in [9.17, 15) is 9.59 Å². The zero-order valence-electron chi connectivity index (χ0n) is 13.9. The SMILES string of the molecule is O=C(CC(C(=O)c1ccccc1)c1ccccc1)c1ccc(Cl)c(Cl)c1. The summed E-state index contributed by atoms with van der Waals surface area (Å²) in [4.78, 5) is 25.8. The molecule has 0 amide bonds. The number of carbonyl (C=O) groups excluding carboxylic acids is 2. The molecule has 0 bridgehead atoms. The molecule has 0 spiro atoms. The van der Waals surface area contributed by atoms with Gasteiger partial charge < -0.3 is 0 Å². The zero-order valence-corrected chi connectivity index (χ0v) is 15.4. The minimum absolute atomic E-state index is 0.0652.